The summed E-state index contributed by atoms with van der Waals surface area (Å²) in [5.74, 6) is -0.401. The van der Waals surface area contributed by atoms with E-state index in [0.29, 0.717) is 46.9 Å². The number of anilines is 1. The predicted octanol–water partition coefficient (Wildman–Crippen LogP) is 5.95. The SMILES string of the molecule is O=C(O)CCCNC(=O)N1CCc2cc(OCc3cc(-c4ccccc4)c(C(F)(F)F)s3)ccc21. The van der Waals surface area contributed by atoms with E-state index in [-0.39, 0.29) is 31.2 Å². The number of carbonyl (C=O) groups is 2. The number of amides is 2. The molecule has 0 saturated carbocycles. The Bertz CT molecular complexity index is 1210. The fourth-order valence-corrected chi connectivity index (χ4v) is 4.88. The van der Waals surface area contributed by atoms with Crippen LogP contribution in [0.1, 0.15) is 28.2 Å². The number of halogens is 3. The van der Waals surface area contributed by atoms with Crippen molar-refractivity contribution in [2.24, 2.45) is 0 Å². The van der Waals surface area contributed by atoms with Gasteiger partial charge in [-0.2, -0.15) is 13.2 Å². The van der Waals surface area contributed by atoms with Crippen LogP contribution < -0.4 is 15.0 Å². The number of carboxylic acids is 1. The summed E-state index contributed by atoms with van der Waals surface area (Å²) < 4.78 is 46.6. The Hall–Kier alpha value is -3.53. The number of urea groups is 1. The van der Waals surface area contributed by atoms with E-state index >= 15 is 0 Å². The summed E-state index contributed by atoms with van der Waals surface area (Å²) >= 11 is 0.674. The van der Waals surface area contributed by atoms with Gasteiger partial charge in [0.25, 0.3) is 0 Å². The van der Waals surface area contributed by atoms with Crippen molar-refractivity contribution in [3.05, 3.63) is 69.9 Å². The molecular formula is C25H23F3N2O4S. The minimum Gasteiger partial charge on any atom is -0.488 e. The summed E-state index contributed by atoms with van der Waals surface area (Å²) in [7, 11) is 0. The number of carboxylic acid groups (broad SMARTS) is 1. The van der Waals surface area contributed by atoms with Crippen LogP contribution in [0.3, 0.4) is 0 Å². The number of nitrogens with zero attached hydrogens (tertiary/aromatic N) is 1. The summed E-state index contributed by atoms with van der Waals surface area (Å²) in [6, 6.07) is 14.9. The van der Waals surface area contributed by atoms with E-state index in [4.69, 9.17) is 9.84 Å². The highest BCUT2D eigenvalue weighted by Crippen LogP contribution is 2.43. The number of aliphatic carboxylic acids is 1. The third kappa shape index (κ3) is 5.94. The van der Waals surface area contributed by atoms with E-state index in [9.17, 15) is 22.8 Å². The number of benzene rings is 2. The normalized spacial score (nSPS) is 12.9. The highest BCUT2D eigenvalue weighted by molar-refractivity contribution is 7.12. The minimum absolute atomic E-state index is 0.00680. The van der Waals surface area contributed by atoms with Crippen LogP contribution in [0.25, 0.3) is 11.1 Å². The monoisotopic (exact) mass is 504 g/mol. The number of rotatable bonds is 8. The largest absolute Gasteiger partial charge is 0.488 e. The maximum Gasteiger partial charge on any atom is 0.426 e. The second-order valence-corrected chi connectivity index (χ2v) is 9.17. The predicted molar refractivity (Wildman–Crippen MR) is 127 cm³/mol. The summed E-state index contributed by atoms with van der Waals surface area (Å²) in [6.45, 7) is 0.737. The highest BCUT2D eigenvalue weighted by atomic mass is 32.1. The molecule has 6 nitrogen and oxygen atoms in total. The third-order valence-corrected chi connectivity index (χ3v) is 6.70. The van der Waals surface area contributed by atoms with Gasteiger partial charge < -0.3 is 15.2 Å². The summed E-state index contributed by atoms with van der Waals surface area (Å²) in [5.41, 5.74) is 2.27. The lowest BCUT2D eigenvalue weighted by atomic mass is 10.1. The van der Waals surface area contributed by atoms with Crippen LogP contribution in [0.2, 0.25) is 0 Å². The summed E-state index contributed by atoms with van der Waals surface area (Å²) in [4.78, 5) is 24.4. The first kappa shape index (κ1) is 24.6. The molecule has 2 heterocycles. The van der Waals surface area contributed by atoms with Crippen LogP contribution in [0.5, 0.6) is 5.75 Å². The molecule has 2 aromatic carbocycles. The third-order valence-electron chi connectivity index (χ3n) is 5.54. The van der Waals surface area contributed by atoms with Crippen molar-refractivity contribution in [1.82, 2.24) is 5.32 Å². The van der Waals surface area contributed by atoms with Gasteiger partial charge in [-0.05, 0) is 48.2 Å². The number of fused-ring (bicyclic) bond motifs is 1. The van der Waals surface area contributed by atoms with Gasteiger partial charge in [0.1, 0.15) is 17.2 Å². The Kier molecular flexibility index (Phi) is 7.30. The summed E-state index contributed by atoms with van der Waals surface area (Å²) in [6.07, 6.45) is -3.51. The lowest BCUT2D eigenvalue weighted by Gasteiger charge is -2.18. The van der Waals surface area contributed by atoms with Gasteiger partial charge in [0, 0.05) is 35.6 Å². The van der Waals surface area contributed by atoms with Gasteiger partial charge in [-0.3, -0.25) is 9.69 Å². The van der Waals surface area contributed by atoms with Gasteiger partial charge in [-0.15, -0.1) is 11.3 Å². The van der Waals surface area contributed by atoms with E-state index in [1.54, 1.807) is 53.4 Å². The molecule has 0 saturated heterocycles. The molecule has 0 bridgehead atoms. The molecule has 1 aliphatic heterocycles. The average molecular weight is 505 g/mol. The quantitative estimate of drug-likeness (QED) is 0.372. The number of hydrogen-bond donors (Lipinski definition) is 2. The standard InChI is InChI=1S/C25H23F3N2O4S/c26-25(27,28)23-20(16-5-2-1-3-6-16)14-19(35-23)15-34-18-8-9-21-17(13-18)10-12-30(21)24(33)29-11-4-7-22(31)32/h1-3,5-6,8-9,13-14H,4,7,10-12,15H2,(H,29,33)(H,31,32). The molecule has 1 aliphatic rings. The number of thiophene rings is 1. The van der Waals surface area contributed by atoms with Crippen molar-refractivity contribution >= 4 is 29.0 Å². The summed E-state index contributed by atoms with van der Waals surface area (Å²) in [5, 5.41) is 11.4. The topological polar surface area (TPSA) is 78.9 Å². The lowest BCUT2D eigenvalue weighted by Crippen LogP contribution is -2.39. The molecule has 35 heavy (non-hydrogen) atoms. The molecule has 0 spiro atoms. The van der Waals surface area contributed by atoms with Crippen molar-refractivity contribution in [2.45, 2.75) is 32.0 Å². The van der Waals surface area contributed by atoms with E-state index in [1.807, 2.05) is 0 Å². The van der Waals surface area contributed by atoms with Gasteiger partial charge in [-0.1, -0.05) is 30.3 Å². The second kappa shape index (κ2) is 10.4. The molecule has 0 unspecified atom stereocenters. The van der Waals surface area contributed by atoms with Gasteiger partial charge >= 0.3 is 18.2 Å². The Morgan fingerprint density at radius 3 is 2.60 bits per heavy atom. The van der Waals surface area contributed by atoms with Crippen LogP contribution in [0.15, 0.2) is 54.6 Å². The van der Waals surface area contributed by atoms with Crippen LogP contribution in [0, 0.1) is 0 Å². The molecule has 184 valence electrons. The van der Waals surface area contributed by atoms with E-state index in [0.717, 1.165) is 11.3 Å². The van der Waals surface area contributed by atoms with Crippen molar-refractivity contribution < 1.29 is 32.6 Å². The van der Waals surface area contributed by atoms with E-state index in [1.165, 1.54) is 6.07 Å². The number of ether oxygens (including phenoxy) is 1. The molecule has 2 N–H and O–H groups in total. The number of hydrogen-bond acceptors (Lipinski definition) is 4. The molecule has 0 aliphatic carbocycles. The van der Waals surface area contributed by atoms with Gasteiger partial charge in [0.2, 0.25) is 0 Å². The average Bonchev–Trinajstić information content (AvgIpc) is 3.45. The van der Waals surface area contributed by atoms with Crippen LogP contribution in [0.4, 0.5) is 23.7 Å². The molecule has 0 radical (unpaired) electrons. The number of alkyl halides is 3. The number of nitrogens with one attached hydrogen (secondary N) is 1. The minimum atomic E-state index is -4.46. The molecule has 3 aromatic rings. The molecule has 0 fully saturated rings. The van der Waals surface area contributed by atoms with Gasteiger partial charge in [-0.25, -0.2) is 4.79 Å². The first-order chi connectivity index (χ1) is 16.7. The second-order valence-electron chi connectivity index (χ2n) is 8.03. The van der Waals surface area contributed by atoms with Crippen LogP contribution in [-0.2, 0) is 24.0 Å². The first-order valence-corrected chi connectivity index (χ1v) is 11.8. The Morgan fingerprint density at radius 1 is 1.11 bits per heavy atom. The molecule has 4 rings (SSSR count). The zero-order valence-electron chi connectivity index (χ0n) is 18.6. The Morgan fingerprint density at radius 2 is 1.89 bits per heavy atom. The smallest absolute Gasteiger partial charge is 0.426 e. The Balaban J connectivity index is 1.41. The van der Waals surface area contributed by atoms with E-state index in [2.05, 4.69) is 5.32 Å². The zero-order valence-corrected chi connectivity index (χ0v) is 19.4. The fraction of sp³-hybridized carbons (Fsp3) is 0.280. The first-order valence-electron chi connectivity index (χ1n) is 11.0. The zero-order chi connectivity index (χ0) is 25.0. The maximum atomic E-state index is 13.6. The molecule has 0 atom stereocenters. The molecule has 1 aromatic heterocycles. The van der Waals surface area contributed by atoms with Crippen molar-refractivity contribution in [3.63, 3.8) is 0 Å². The molecule has 10 heteroatoms. The molecular weight excluding hydrogens is 481 g/mol. The lowest BCUT2D eigenvalue weighted by molar-refractivity contribution is -0.137. The van der Waals surface area contributed by atoms with Crippen molar-refractivity contribution in [3.8, 4) is 16.9 Å². The number of carbonyl (C=O) groups excluding carboxylic acids is 1. The van der Waals surface area contributed by atoms with Crippen LogP contribution >= 0.6 is 11.3 Å². The molecule has 2 amide bonds. The fourth-order valence-electron chi connectivity index (χ4n) is 3.92. The van der Waals surface area contributed by atoms with Crippen molar-refractivity contribution in [2.75, 3.05) is 18.0 Å². The van der Waals surface area contributed by atoms with Gasteiger partial charge in [0.05, 0.1) is 0 Å². The van der Waals surface area contributed by atoms with Crippen molar-refractivity contribution in [1.29, 1.82) is 0 Å². The van der Waals surface area contributed by atoms with E-state index < -0.39 is 17.0 Å². The van der Waals surface area contributed by atoms with Crippen LogP contribution in [-0.4, -0.2) is 30.2 Å². The highest BCUT2D eigenvalue weighted by Gasteiger charge is 2.36. The maximum absolute atomic E-state index is 13.6. The van der Waals surface area contributed by atoms with Gasteiger partial charge in [0.15, 0.2) is 0 Å². The Labute approximate surface area is 204 Å².